The zero-order valence-corrected chi connectivity index (χ0v) is 15.4. The summed E-state index contributed by atoms with van der Waals surface area (Å²) in [4.78, 5) is 28.1. The van der Waals surface area contributed by atoms with Crippen LogP contribution < -0.4 is 10.1 Å². The van der Waals surface area contributed by atoms with Crippen LogP contribution in [-0.4, -0.2) is 38.6 Å². The van der Waals surface area contributed by atoms with Gasteiger partial charge in [-0.3, -0.25) is 9.78 Å². The third-order valence-corrected chi connectivity index (χ3v) is 4.72. The van der Waals surface area contributed by atoms with Crippen molar-refractivity contribution >= 4 is 16.9 Å². The second kappa shape index (κ2) is 7.34. The largest absolute Gasteiger partial charge is 0.467 e. The van der Waals surface area contributed by atoms with Crippen molar-refractivity contribution < 1.29 is 22.7 Å². The number of hydrogen-bond acceptors (Lipinski definition) is 5. The summed E-state index contributed by atoms with van der Waals surface area (Å²) in [7, 11) is 0. The van der Waals surface area contributed by atoms with Gasteiger partial charge in [0.05, 0.1) is 35.2 Å². The normalized spacial score (nSPS) is 19.7. The lowest BCUT2D eigenvalue weighted by Crippen LogP contribution is -2.29. The lowest BCUT2D eigenvalue weighted by molar-refractivity contribution is -0.154. The van der Waals surface area contributed by atoms with Crippen LogP contribution in [0.5, 0.6) is 5.88 Å². The van der Waals surface area contributed by atoms with Crippen LogP contribution in [0.15, 0.2) is 36.7 Å². The Morgan fingerprint density at radius 2 is 2.10 bits per heavy atom. The van der Waals surface area contributed by atoms with Gasteiger partial charge in [0, 0.05) is 11.8 Å². The molecule has 0 spiro atoms. The van der Waals surface area contributed by atoms with Crippen LogP contribution in [0.1, 0.15) is 36.8 Å². The van der Waals surface area contributed by atoms with Crippen LogP contribution in [0.4, 0.5) is 13.2 Å². The number of imidazole rings is 1. The van der Waals surface area contributed by atoms with E-state index >= 15 is 0 Å². The molecule has 3 atom stereocenters. The number of carbonyl (C=O) groups is 1. The number of aromatic amines is 1. The van der Waals surface area contributed by atoms with E-state index in [4.69, 9.17) is 0 Å². The highest BCUT2D eigenvalue weighted by molar-refractivity contribution is 5.83. The summed E-state index contributed by atoms with van der Waals surface area (Å²) in [6.07, 6.45) is -1.34. The van der Waals surface area contributed by atoms with Crippen LogP contribution >= 0.6 is 0 Å². The summed E-state index contributed by atoms with van der Waals surface area (Å²) in [5, 5.41) is 2.86. The number of rotatable bonds is 6. The molecule has 2 heterocycles. The molecule has 2 aromatic heterocycles. The Balaban J connectivity index is 1.33. The van der Waals surface area contributed by atoms with Gasteiger partial charge in [0.25, 0.3) is 0 Å². The predicted octanol–water partition coefficient (Wildman–Crippen LogP) is 3.27. The molecule has 1 aromatic carbocycles. The molecule has 1 fully saturated rings. The smallest absolute Gasteiger partial charge is 0.422 e. The lowest BCUT2D eigenvalue weighted by atomic mass is 10.2. The first kappa shape index (κ1) is 19.2. The fourth-order valence-electron chi connectivity index (χ4n) is 3.11. The molecule has 29 heavy (non-hydrogen) atoms. The first-order valence-corrected chi connectivity index (χ1v) is 9.06. The molecule has 3 aromatic rings. The number of benzene rings is 1. The van der Waals surface area contributed by atoms with Crippen molar-refractivity contribution in [2.45, 2.75) is 31.5 Å². The minimum absolute atomic E-state index is 0.0406. The average molecular weight is 405 g/mol. The van der Waals surface area contributed by atoms with Crippen LogP contribution in [0.25, 0.3) is 11.0 Å². The van der Waals surface area contributed by atoms with Gasteiger partial charge in [-0.2, -0.15) is 13.2 Å². The minimum atomic E-state index is -4.44. The van der Waals surface area contributed by atoms with E-state index in [2.05, 4.69) is 30.0 Å². The number of amides is 1. The Morgan fingerprint density at radius 3 is 2.79 bits per heavy atom. The third-order valence-electron chi connectivity index (χ3n) is 4.72. The Morgan fingerprint density at radius 1 is 1.31 bits per heavy atom. The number of nitrogens with one attached hydrogen (secondary N) is 2. The van der Waals surface area contributed by atoms with Crippen molar-refractivity contribution in [2.75, 3.05) is 6.61 Å². The van der Waals surface area contributed by atoms with E-state index in [0.717, 1.165) is 23.1 Å². The van der Waals surface area contributed by atoms with Crippen LogP contribution in [-0.2, 0) is 4.79 Å². The maximum Gasteiger partial charge on any atom is 0.422 e. The Labute approximate surface area is 163 Å². The van der Waals surface area contributed by atoms with Gasteiger partial charge in [-0.1, -0.05) is 12.1 Å². The number of nitrogens with zero attached hydrogens (tertiary/aromatic N) is 3. The molecule has 1 aliphatic rings. The first-order chi connectivity index (χ1) is 13.8. The fraction of sp³-hybridized carbons (Fsp3) is 0.368. The second-order valence-electron chi connectivity index (χ2n) is 7.00. The van der Waals surface area contributed by atoms with Crippen LogP contribution in [0.3, 0.4) is 0 Å². The van der Waals surface area contributed by atoms with Gasteiger partial charge in [-0.15, -0.1) is 0 Å². The van der Waals surface area contributed by atoms with Gasteiger partial charge in [0.1, 0.15) is 5.82 Å². The Bertz CT molecular complexity index is 986. The van der Waals surface area contributed by atoms with Gasteiger partial charge in [-0.05, 0) is 25.5 Å². The highest BCUT2D eigenvalue weighted by Crippen LogP contribution is 2.47. The van der Waals surface area contributed by atoms with Gasteiger partial charge in [0.15, 0.2) is 6.61 Å². The molecule has 2 N–H and O–H groups in total. The van der Waals surface area contributed by atoms with E-state index in [-0.39, 0.29) is 23.6 Å². The summed E-state index contributed by atoms with van der Waals surface area (Å²) in [5.74, 6) is 0.308. The van der Waals surface area contributed by atoms with Gasteiger partial charge in [0.2, 0.25) is 11.8 Å². The molecule has 152 valence electrons. The van der Waals surface area contributed by atoms with E-state index in [1.807, 2.05) is 24.3 Å². The molecule has 2 unspecified atom stereocenters. The van der Waals surface area contributed by atoms with E-state index in [1.54, 1.807) is 6.92 Å². The van der Waals surface area contributed by atoms with Crippen LogP contribution in [0, 0.1) is 5.92 Å². The maximum absolute atomic E-state index is 12.5. The highest BCUT2D eigenvalue weighted by Gasteiger charge is 2.46. The number of H-pyrrole nitrogens is 1. The number of ether oxygens (including phenoxy) is 1. The molecule has 1 aliphatic carbocycles. The number of para-hydroxylation sites is 2. The molecular weight excluding hydrogens is 387 g/mol. The lowest BCUT2D eigenvalue weighted by Gasteiger charge is -2.14. The summed E-state index contributed by atoms with van der Waals surface area (Å²) in [6.45, 7) is 0.301. The molecule has 7 nitrogen and oxygen atoms in total. The summed E-state index contributed by atoms with van der Waals surface area (Å²) >= 11 is 0. The molecule has 1 saturated carbocycles. The molecule has 10 heteroatoms. The van der Waals surface area contributed by atoms with Crippen molar-refractivity contribution in [3.63, 3.8) is 0 Å². The second-order valence-corrected chi connectivity index (χ2v) is 7.00. The predicted molar refractivity (Wildman–Crippen MR) is 97.1 cm³/mol. The quantitative estimate of drug-likeness (QED) is 0.657. The summed E-state index contributed by atoms with van der Waals surface area (Å²) in [6, 6.07) is 7.24. The number of alkyl halides is 3. The average Bonchev–Trinajstić information content (AvgIpc) is 3.38. The maximum atomic E-state index is 12.5. The summed E-state index contributed by atoms with van der Waals surface area (Å²) < 4.78 is 41.0. The van der Waals surface area contributed by atoms with Gasteiger partial charge in [-0.25, -0.2) is 9.97 Å². The minimum Gasteiger partial charge on any atom is -0.467 e. The SMILES string of the molecule is C[C@@H](NC(=O)C1CC1c1nc2ccccc2[nH]1)c1cnc(OCC(F)(F)F)cn1. The molecule has 0 aliphatic heterocycles. The summed E-state index contributed by atoms with van der Waals surface area (Å²) in [5.41, 5.74) is 2.23. The molecule has 0 saturated heterocycles. The van der Waals surface area contributed by atoms with E-state index < -0.39 is 18.8 Å². The zero-order chi connectivity index (χ0) is 20.6. The van der Waals surface area contributed by atoms with Crippen molar-refractivity contribution in [3.8, 4) is 5.88 Å². The van der Waals surface area contributed by atoms with Gasteiger partial charge < -0.3 is 15.0 Å². The number of hydrogen-bond donors (Lipinski definition) is 2. The standard InChI is InChI=1S/C19H18F3N5O2/c1-10(15-7-24-16(8-23-15)29-9-19(20,21)22)25-18(28)12-6-11(12)17-26-13-4-2-3-5-14(13)27-17/h2-5,7-8,10-12H,6,9H2,1H3,(H,25,28)(H,26,27)/t10-,11?,12?/m1/s1. The third kappa shape index (κ3) is 4.47. The Kier molecular flexibility index (Phi) is 4.85. The molecular formula is C19H18F3N5O2. The van der Waals surface area contributed by atoms with Crippen LogP contribution in [0.2, 0.25) is 0 Å². The fourth-order valence-corrected chi connectivity index (χ4v) is 3.11. The van der Waals surface area contributed by atoms with Crippen molar-refractivity contribution in [1.82, 2.24) is 25.3 Å². The van der Waals surface area contributed by atoms with Crippen molar-refractivity contribution in [2.24, 2.45) is 5.92 Å². The Hall–Kier alpha value is -3.17. The molecule has 0 bridgehead atoms. The van der Waals surface area contributed by atoms with Gasteiger partial charge >= 0.3 is 6.18 Å². The number of carbonyl (C=O) groups excluding carboxylic acids is 1. The number of fused-ring (bicyclic) bond motifs is 1. The highest BCUT2D eigenvalue weighted by atomic mass is 19.4. The van der Waals surface area contributed by atoms with E-state index in [9.17, 15) is 18.0 Å². The van der Waals surface area contributed by atoms with Crippen molar-refractivity contribution in [3.05, 3.63) is 48.2 Å². The monoisotopic (exact) mass is 405 g/mol. The molecule has 1 amide bonds. The number of aromatic nitrogens is 4. The molecule has 0 radical (unpaired) electrons. The topological polar surface area (TPSA) is 92.8 Å². The molecule has 4 rings (SSSR count). The first-order valence-electron chi connectivity index (χ1n) is 9.06. The number of halogens is 3. The van der Waals surface area contributed by atoms with E-state index in [1.165, 1.54) is 6.20 Å². The zero-order valence-electron chi connectivity index (χ0n) is 15.4. The van der Waals surface area contributed by atoms with E-state index in [0.29, 0.717) is 12.1 Å². The van der Waals surface area contributed by atoms with Crippen molar-refractivity contribution in [1.29, 1.82) is 0 Å².